The molecule has 98 valence electrons. The minimum atomic E-state index is -0.283. The Bertz CT molecular complexity index is 275. The number of hydrogen-bond donors (Lipinski definition) is 1. The third kappa shape index (κ3) is 3.53. The van der Waals surface area contributed by atoms with E-state index >= 15 is 0 Å². The molecule has 1 N–H and O–H groups in total. The van der Waals surface area contributed by atoms with Crippen molar-refractivity contribution in [2.24, 2.45) is 5.92 Å². The highest BCUT2D eigenvalue weighted by atomic mass is 16.2. The summed E-state index contributed by atoms with van der Waals surface area (Å²) in [7, 11) is 0. The first-order valence-corrected chi connectivity index (χ1v) is 6.71. The molecule has 1 atom stereocenters. The Labute approximate surface area is 104 Å². The average molecular weight is 240 g/mol. The van der Waals surface area contributed by atoms with Gasteiger partial charge in [0.25, 0.3) is 0 Å². The van der Waals surface area contributed by atoms with Crippen molar-refractivity contribution in [3.63, 3.8) is 0 Å². The van der Waals surface area contributed by atoms with Gasteiger partial charge in [-0.3, -0.25) is 14.5 Å². The van der Waals surface area contributed by atoms with E-state index in [2.05, 4.69) is 19.2 Å². The number of nitrogens with zero attached hydrogens (tertiary/aromatic N) is 1. The molecule has 4 heteroatoms. The van der Waals surface area contributed by atoms with Crippen LogP contribution in [0, 0.1) is 5.92 Å². The predicted octanol–water partition coefficient (Wildman–Crippen LogP) is 1.55. The lowest BCUT2D eigenvalue weighted by atomic mass is 10.0. The van der Waals surface area contributed by atoms with Gasteiger partial charge < -0.3 is 5.32 Å². The van der Waals surface area contributed by atoms with E-state index < -0.39 is 0 Å². The summed E-state index contributed by atoms with van der Waals surface area (Å²) in [5.41, 5.74) is 0. The molecule has 1 saturated heterocycles. The molecule has 2 amide bonds. The molecule has 0 radical (unpaired) electrons. The molecule has 4 nitrogen and oxygen atoms in total. The van der Waals surface area contributed by atoms with E-state index in [1.807, 2.05) is 6.92 Å². The lowest BCUT2D eigenvalue weighted by Gasteiger charge is -2.17. The number of imide groups is 1. The maximum Gasteiger partial charge on any atom is 0.246 e. The monoisotopic (exact) mass is 240 g/mol. The molecule has 1 aliphatic rings. The van der Waals surface area contributed by atoms with Crippen LogP contribution in [0.2, 0.25) is 0 Å². The van der Waals surface area contributed by atoms with Crippen molar-refractivity contribution in [3.8, 4) is 0 Å². The second-order valence-corrected chi connectivity index (χ2v) is 4.73. The molecule has 0 saturated carbocycles. The minimum Gasteiger partial charge on any atom is -0.305 e. The summed E-state index contributed by atoms with van der Waals surface area (Å²) < 4.78 is 0. The molecular formula is C13H24N2O2. The quantitative estimate of drug-likeness (QED) is 0.687. The molecular weight excluding hydrogens is 216 g/mol. The van der Waals surface area contributed by atoms with E-state index in [1.165, 1.54) is 4.90 Å². The van der Waals surface area contributed by atoms with Gasteiger partial charge in [-0.1, -0.05) is 33.6 Å². The van der Waals surface area contributed by atoms with Crippen LogP contribution in [0.15, 0.2) is 0 Å². The Balaban J connectivity index is 2.46. The fraction of sp³-hybridized carbons (Fsp3) is 0.846. The van der Waals surface area contributed by atoms with Crippen molar-refractivity contribution in [2.75, 3.05) is 13.1 Å². The lowest BCUT2D eigenvalue weighted by molar-refractivity contribution is -0.138. The molecule has 0 aromatic carbocycles. The van der Waals surface area contributed by atoms with Gasteiger partial charge in [-0.15, -0.1) is 0 Å². The summed E-state index contributed by atoms with van der Waals surface area (Å²) in [6, 6.07) is -0.283. The lowest BCUT2D eigenvalue weighted by Crippen LogP contribution is -2.40. The molecule has 1 aliphatic heterocycles. The number of nitrogens with one attached hydrogen (secondary N) is 1. The first-order chi connectivity index (χ1) is 8.13. The van der Waals surface area contributed by atoms with Gasteiger partial charge in [-0.25, -0.2) is 0 Å². The summed E-state index contributed by atoms with van der Waals surface area (Å²) >= 11 is 0. The molecule has 1 fully saturated rings. The van der Waals surface area contributed by atoms with Crippen molar-refractivity contribution in [1.82, 2.24) is 10.2 Å². The van der Waals surface area contributed by atoms with E-state index in [-0.39, 0.29) is 17.9 Å². The van der Waals surface area contributed by atoms with Crippen LogP contribution < -0.4 is 5.32 Å². The average Bonchev–Trinajstić information content (AvgIpc) is 2.59. The minimum absolute atomic E-state index is 0.0288. The Morgan fingerprint density at radius 1 is 1.29 bits per heavy atom. The molecule has 0 aromatic heterocycles. The first kappa shape index (κ1) is 14.2. The van der Waals surface area contributed by atoms with Crippen LogP contribution in [0.4, 0.5) is 0 Å². The van der Waals surface area contributed by atoms with Gasteiger partial charge >= 0.3 is 0 Å². The number of carbonyl (C=O) groups is 2. The fourth-order valence-corrected chi connectivity index (χ4v) is 2.19. The molecule has 1 heterocycles. The maximum atomic E-state index is 11.9. The molecule has 0 bridgehead atoms. The van der Waals surface area contributed by atoms with E-state index in [0.717, 1.165) is 25.8 Å². The topological polar surface area (TPSA) is 49.4 Å². The summed E-state index contributed by atoms with van der Waals surface area (Å²) in [4.78, 5) is 25.0. The van der Waals surface area contributed by atoms with Crippen molar-refractivity contribution in [3.05, 3.63) is 0 Å². The predicted molar refractivity (Wildman–Crippen MR) is 67.5 cm³/mol. The maximum absolute atomic E-state index is 11.9. The van der Waals surface area contributed by atoms with Gasteiger partial charge in [0.1, 0.15) is 0 Å². The van der Waals surface area contributed by atoms with Gasteiger partial charge in [0.15, 0.2) is 0 Å². The standard InChI is InChI=1S/C13H24N2O2/c1-4-7-15-12(16)8-11(13(15)17)14-9-10(5-2)6-3/h10-11,14H,4-9H2,1-3H3. The van der Waals surface area contributed by atoms with Gasteiger partial charge in [0.05, 0.1) is 12.5 Å². The normalized spacial score (nSPS) is 20.7. The van der Waals surface area contributed by atoms with Gasteiger partial charge in [0.2, 0.25) is 11.8 Å². The molecule has 1 rings (SSSR count). The largest absolute Gasteiger partial charge is 0.305 e. The van der Waals surface area contributed by atoms with E-state index in [0.29, 0.717) is 18.9 Å². The number of hydrogen-bond acceptors (Lipinski definition) is 3. The zero-order valence-corrected chi connectivity index (χ0v) is 11.2. The van der Waals surface area contributed by atoms with Gasteiger partial charge in [-0.05, 0) is 18.9 Å². The Morgan fingerprint density at radius 2 is 1.94 bits per heavy atom. The highest BCUT2D eigenvalue weighted by Gasteiger charge is 2.37. The SMILES string of the molecule is CCCN1C(=O)CC(NCC(CC)CC)C1=O. The van der Waals surface area contributed by atoms with Gasteiger partial charge in [0, 0.05) is 6.54 Å². The van der Waals surface area contributed by atoms with Crippen molar-refractivity contribution in [2.45, 2.75) is 52.5 Å². The zero-order valence-electron chi connectivity index (χ0n) is 11.2. The molecule has 0 aromatic rings. The highest BCUT2D eigenvalue weighted by Crippen LogP contribution is 2.14. The summed E-state index contributed by atoms with van der Waals surface area (Å²) in [6.07, 6.45) is 3.38. The second-order valence-electron chi connectivity index (χ2n) is 4.73. The van der Waals surface area contributed by atoms with Crippen LogP contribution in [0.3, 0.4) is 0 Å². The molecule has 0 spiro atoms. The van der Waals surface area contributed by atoms with E-state index in [9.17, 15) is 9.59 Å². The van der Waals surface area contributed by atoms with E-state index in [1.54, 1.807) is 0 Å². The highest BCUT2D eigenvalue weighted by molar-refractivity contribution is 6.05. The van der Waals surface area contributed by atoms with Crippen LogP contribution >= 0.6 is 0 Å². The summed E-state index contributed by atoms with van der Waals surface area (Å²) in [6.45, 7) is 7.67. The van der Waals surface area contributed by atoms with Crippen LogP contribution in [0.1, 0.15) is 46.5 Å². The van der Waals surface area contributed by atoms with E-state index in [4.69, 9.17) is 0 Å². The Hall–Kier alpha value is -0.900. The summed E-state index contributed by atoms with van der Waals surface area (Å²) in [5, 5.41) is 3.24. The van der Waals surface area contributed by atoms with Crippen LogP contribution in [0.5, 0.6) is 0 Å². The third-order valence-electron chi connectivity index (χ3n) is 3.50. The molecule has 1 unspecified atom stereocenters. The Kier molecular flexibility index (Phi) is 5.62. The van der Waals surface area contributed by atoms with Gasteiger partial charge in [-0.2, -0.15) is 0 Å². The van der Waals surface area contributed by atoms with Crippen molar-refractivity contribution < 1.29 is 9.59 Å². The zero-order chi connectivity index (χ0) is 12.8. The fourth-order valence-electron chi connectivity index (χ4n) is 2.19. The molecule has 17 heavy (non-hydrogen) atoms. The van der Waals surface area contributed by atoms with Crippen LogP contribution in [-0.4, -0.2) is 35.8 Å². The Morgan fingerprint density at radius 3 is 2.47 bits per heavy atom. The number of rotatable bonds is 7. The summed E-state index contributed by atoms with van der Waals surface area (Å²) in [5.74, 6) is 0.528. The third-order valence-corrected chi connectivity index (χ3v) is 3.50. The smallest absolute Gasteiger partial charge is 0.246 e. The van der Waals surface area contributed by atoms with Crippen LogP contribution in [-0.2, 0) is 9.59 Å². The van der Waals surface area contributed by atoms with Crippen molar-refractivity contribution >= 4 is 11.8 Å². The van der Waals surface area contributed by atoms with Crippen LogP contribution in [0.25, 0.3) is 0 Å². The number of likely N-dealkylation sites (tertiary alicyclic amines) is 1. The first-order valence-electron chi connectivity index (χ1n) is 6.71. The second kappa shape index (κ2) is 6.74. The number of amides is 2. The number of carbonyl (C=O) groups excluding carboxylic acids is 2. The van der Waals surface area contributed by atoms with Crippen molar-refractivity contribution in [1.29, 1.82) is 0 Å². The molecule has 0 aliphatic carbocycles.